The van der Waals surface area contributed by atoms with Gasteiger partial charge in [-0.2, -0.15) is 5.26 Å². The van der Waals surface area contributed by atoms with Gasteiger partial charge in [0.25, 0.3) is 0 Å². The second kappa shape index (κ2) is 4.78. The lowest BCUT2D eigenvalue weighted by Gasteiger charge is -2.07. The topological polar surface area (TPSA) is 44.0 Å². The van der Waals surface area contributed by atoms with Crippen molar-refractivity contribution in [3.63, 3.8) is 0 Å². The first kappa shape index (κ1) is 10.7. The summed E-state index contributed by atoms with van der Waals surface area (Å²) in [5.41, 5.74) is 3.53. The van der Waals surface area contributed by atoms with Gasteiger partial charge in [-0.25, -0.2) is 0 Å². The van der Waals surface area contributed by atoms with E-state index < -0.39 is 0 Å². The Morgan fingerprint density at radius 2 is 1.86 bits per heavy atom. The molecule has 0 radical (unpaired) electrons. The second-order valence-electron chi connectivity index (χ2n) is 3.71. The lowest BCUT2D eigenvalue weighted by atomic mass is 9.98. The van der Waals surface area contributed by atoms with Crippen LogP contribution in [0.4, 0.5) is 0 Å². The van der Waals surface area contributed by atoms with Gasteiger partial charge in [0.1, 0.15) is 0 Å². The number of aryl methyl sites for hydroxylation is 2. The molecule has 0 aliphatic carbocycles. The Morgan fingerprint density at radius 3 is 2.29 bits per heavy atom. The van der Waals surface area contributed by atoms with E-state index in [0.717, 1.165) is 5.56 Å². The fraction of sp³-hybridized carbons (Fsp3) is 0.417. The Hall–Kier alpha value is -1.33. The molecule has 1 aromatic carbocycles. The summed E-state index contributed by atoms with van der Waals surface area (Å²) >= 11 is 0. The quantitative estimate of drug-likeness (QED) is 0.790. The van der Waals surface area contributed by atoms with E-state index >= 15 is 0 Å². The zero-order valence-electron chi connectivity index (χ0n) is 8.62. The van der Waals surface area contributed by atoms with Crippen molar-refractivity contribution in [3.8, 4) is 6.07 Å². The molecular weight excluding hydrogens is 174 g/mol. The lowest BCUT2D eigenvalue weighted by Crippen LogP contribution is -2.06. The Labute approximate surface area is 84.8 Å². The molecule has 2 nitrogen and oxygen atoms in total. The summed E-state index contributed by atoms with van der Waals surface area (Å²) in [4.78, 5) is 0. The molecule has 14 heavy (non-hydrogen) atoms. The predicted octanol–water partition coefficient (Wildman–Crippen LogP) is 1.98. The number of benzene rings is 1. The molecule has 0 fully saturated rings. The summed E-state index contributed by atoms with van der Waals surface area (Å²) in [7, 11) is 0. The minimum atomic E-state index is -0.281. The molecule has 0 spiro atoms. The third-order valence-electron chi connectivity index (χ3n) is 2.17. The Balaban J connectivity index is 2.82. The van der Waals surface area contributed by atoms with Crippen molar-refractivity contribution in [1.29, 1.82) is 5.26 Å². The highest BCUT2D eigenvalue weighted by Gasteiger charge is 2.07. The molecule has 0 aliphatic rings. The average Bonchev–Trinajstić information content (AvgIpc) is 2.12. The van der Waals surface area contributed by atoms with Gasteiger partial charge in [0.05, 0.1) is 18.6 Å². The summed E-state index contributed by atoms with van der Waals surface area (Å²) in [5, 5.41) is 17.6. The van der Waals surface area contributed by atoms with Crippen LogP contribution >= 0.6 is 0 Å². The number of hydrogen-bond donors (Lipinski definition) is 1. The SMILES string of the molecule is Cc1cc(C)cc(CC(C#N)CO)c1. The normalized spacial score (nSPS) is 12.1. The van der Waals surface area contributed by atoms with E-state index in [-0.39, 0.29) is 12.5 Å². The van der Waals surface area contributed by atoms with Crippen molar-refractivity contribution < 1.29 is 5.11 Å². The fourth-order valence-corrected chi connectivity index (χ4v) is 1.62. The number of aliphatic hydroxyl groups is 1. The van der Waals surface area contributed by atoms with Crippen molar-refractivity contribution in [2.24, 2.45) is 5.92 Å². The van der Waals surface area contributed by atoms with Gasteiger partial charge in [-0.3, -0.25) is 0 Å². The Kier molecular flexibility index (Phi) is 3.67. The van der Waals surface area contributed by atoms with Crippen LogP contribution in [0.5, 0.6) is 0 Å². The monoisotopic (exact) mass is 189 g/mol. The highest BCUT2D eigenvalue weighted by Crippen LogP contribution is 2.13. The molecule has 1 unspecified atom stereocenters. The predicted molar refractivity (Wildman–Crippen MR) is 55.8 cm³/mol. The molecule has 0 aliphatic heterocycles. The van der Waals surface area contributed by atoms with Gasteiger partial charge in [-0.1, -0.05) is 29.3 Å². The summed E-state index contributed by atoms with van der Waals surface area (Å²) in [6, 6.07) is 8.32. The first-order chi connectivity index (χ1) is 6.65. The van der Waals surface area contributed by atoms with Gasteiger partial charge in [0, 0.05) is 0 Å². The first-order valence-electron chi connectivity index (χ1n) is 4.73. The summed E-state index contributed by atoms with van der Waals surface area (Å²) in [6.45, 7) is 4.01. The van der Waals surface area contributed by atoms with E-state index in [0.29, 0.717) is 6.42 Å². The van der Waals surface area contributed by atoms with Gasteiger partial charge in [-0.15, -0.1) is 0 Å². The molecule has 0 amide bonds. The number of aliphatic hydroxyl groups excluding tert-OH is 1. The highest BCUT2D eigenvalue weighted by atomic mass is 16.3. The van der Waals surface area contributed by atoms with Crippen LogP contribution in [0.15, 0.2) is 18.2 Å². The van der Waals surface area contributed by atoms with Crippen LogP contribution in [0.2, 0.25) is 0 Å². The minimum Gasteiger partial charge on any atom is -0.395 e. The molecule has 1 aromatic rings. The van der Waals surface area contributed by atoms with Crippen LogP contribution in [-0.4, -0.2) is 11.7 Å². The van der Waals surface area contributed by atoms with Gasteiger partial charge in [0.2, 0.25) is 0 Å². The largest absolute Gasteiger partial charge is 0.395 e. The van der Waals surface area contributed by atoms with Crippen molar-refractivity contribution in [2.45, 2.75) is 20.3 Å². The molecule has 0 heterocycles. The zero-order chi connectivity index (χ0) is 10.6. The molecule has 2 heteroatoms. The third kappa shape index (κ3) is 2.86. The number of nitriles is 1. The van der Waals surface area contributed by atoms with Crippen molar-refractivity contribution in [3.05, 3.63) is 34.9 Å². The molecule has 0 saturated carbocycles. The van der Waals surface area contributed by atoms with E-state index in [2.05, 4.69) is 24.3 Å². The Morgan fingerprint density at radius 1 is 1.29 bits per heavy atom. The highest BCUT2D eigenvalue weighted by molar-refractivity contribution is 5.29. The number of hydrogen-bond acceptors (Lipinski definition) is 2. The van der Waals surface area contributed by atoms with E-state index in [1.54, 1.807) is 0 Å². The maximum absolute atomic E-state index is 8.90. The molecular formula is C12H15NO. The van der Waals surface area contributed by atoms with Crippen LogP contribution in [0.3, 0.4) is 0 Å². The molecule has 0 aromatic heterocycles. The molecule has 1 atom stereocenters. The van der Waals surface area contributed by atoms with E-state index in [1.807, 2.05) is 13.8 Å². The van der Waals surface area contributed by atoms with Crippen LogP contribution in [0.1, 0.15) is 16.7 Å². The molecule has 1 rings (SSSR count). The van der Waals surface area contributed by atoms with Crippen LogP contribution < -0.4 is 0 Å². The summed E-state index contributed by atoms with van der Waals surface area (Å²) in [5.74, 6) is -0.281. The number of nitrogens with zero attached hydrogens (tertiary/aromatic N) is 1. The molecule has 1 N–H and O–H groups in total. The standard InChI is InChI=1S/C12H15NO/c1-9-3-10(2)5-11(4-9)6-12(7-13)8-14/h3-5,12,14H,6,8H2,1-2H3. The van der Waals surface area contributed by atoms with Gasteiger partial charge in [-0.05, 0) is 25.8 Å². The van der Waals surface area contributed by atoms with E-state index in [4.69, 9.17) is 10.4 Å². The van der Waals surface area contributed by atoms with Crippen molar-refractivity contribution >= 4 is 0 Å². The van der Waals surface area contributed by atoms with E-state index in [9.17, 15) is 0 Å². The maximum atomic E-state index is 8.90. The fourth-order valence-electron chi connectivity index (χ4n) is 1.62. The molecule has 0 bridgehead atoms. The van der Waals surface area contributed by atoms with Crippen LogP contribution in [0.25, 0.3) is 0 Å². The minimum absolute atomic E-state index is 0.0660. The third-order valence-corrected chi connectivity index (χ3v) is 2.17. The summed E-state index contributed by atoms with van der Waals surface area (Å²) < 4.78 is 0. The van der Waals surface area contributed by atoms with Crippen molar-refractivity contribution in [1.82, 2.24) is 0 Å². The van der Waals surface area contributed by atoms with Crippen molar-refractivity contribution in [2.75, 3.05) is 6.61 Å². The molecule has 74 valence electrons. The number of rotatable bonds is 3. The first-order valence-corrected chi connectivity index (χ1v) is 4.73. The van der Waals surface area contributed by atoms with Gasteiger partial charge < -0.3 is 5.11 Å². The van der Waals surface area contributed by atoms with Crippen LogP contribution in [0, 0.1) is 31.1 Å². The van der Waals surface area contributed by atoms with Gasteiger partial charge >= 0.3 is 0 Å². The zero-order valence-corrected chi connectivity index (χ0v) is 8.62. The second-order valence-corrected chi connectivity index (χ2v) is 3.71. The lowest BCUT2D eigenvalue weighted by molar-refractivity contribution is 0.255. The average molecular weight is 189 g/mol. The summed E-state index contributed by atoms with van der Waals surface area (Å²) in [6.07, 6.45) is 0.634. The Bertz CT molecular complexity index is 332. The smallest absolute Gasteiger partial charge is 0.0734 e. The van der Waals surface area contributed by atoms with E-state index in [1.165, 1.54) is 11.1 Å². The van der Waals surface area contributed by atoms with Crippen LogP contribution in [-0.2, 0) is 6.42 Å². The molecule has 0 saturated heterocycles. The maximum Gasteiger partial charge on any atom is 0.0734 e. The van der Waals surface area contributed by atoms with Gasteiger partial charge in [0.15, 0.2) is 0 Å².